The first-order valence-electron chi connectivity index (χ1n) is 10.9. The average Bonchev–Trinajstić information content (AvgIpc) is 2.80. The van der Waals surface area contributed by atoms with E-state index in [-0.39, 0.29) is 11.1 Å². The number of hydrogen-bond acceptors (Lipinski definition) is 6. The monoisotopic (exact) mass is 481 g/mol. The zero-order chi connectivity index (χ0) is 24.6. The van der Waals surface area contributed by atoms with Gasteiger partial charge in [0.05, 0.1) is 30.0 Å². The van der Waals surface area contributed by atoms with Crippen LogP contribution in [0.4, 0.5) is 11.4 Å². The molecule has 0 aromatic heterocycles. The highest BCUT2D eigenvalue weighted by Crippen LogP contribution is 2.25. The maximum absolute atomic E-state index is 10.7. The summed E-state index contributed by atoms with van der Waals surface area (Å²) in [6, 6.07) is 19.5. The molecule has 0 spiro atoms. The molecule has 178 valence electrons. The topological polar surface area (TPSA) is 86.0 Å². The van der Waals surface area contributed by atoms with Crippen LogP contribution in [0.2, 0.25) is 5.02 Å². The van der Waals surface area contributed by atoms with E-state index in [0.717, 1.165) is 5.75 Å². The van der Waals surface area contributed by atoms with Gasteiger partial charge in [0, 0.05) is 29.1 Å². The van der Waals surface area contributed by atoms with Gasteiger partial charge in [-0.2, -0.15) is 5.10 Å². The van der Waals surface area contributed by atoms with Gasteiger partial charge in [-0.05, 0) is 53.4 Å². The maximum atomic E-state index is 10.7. The second kappa shape index (κ2) is 11.5. The highest BCUT2D eigenvalue weighted by atomic mass is 35.5. The molecule has 0 atom stereocenters. The van der Waals surface area contributed by atoms with Gasteiger partial charge in [-0.25, -0.2) is 0 Å². The minimum absolute atomic E-state index is 0.0194. The normalized spacial score (nSPS) is 11.4. The molecule has 0 bridgehead atoms. The lowest BCUT2D eigenvalue weighted by Crippen LogP contribution is -2.10. The van der Waals surface area contributed by atoms with Crippen molar-refractivity contribution in [2.75, 3.05) is 18.6 Å². The van der Waals surface area contributed by atoms with Crippen LogP contribution in [0.3, 0.4) is 0 Å². The van der Waals surface area contributed by atoms with Crippen molar-refractivity contribution >= 4 is 29.2 Å². The molecule has 7 nitrogen and oxygen atoms in total. The Balaban J connectivity index is 1.49. The molecule has 0 aliphatic rings. The first-order valence-corrected chi connectivity index (χ1v) is 11.3. The van der Waals surface area contributed by atoms with Crippen LogP contribution < -0.4 is 14.9 Å². The fourth-order valence-electron chi connectivity index (χ4n) is 3.07. The number of hydrazone groups is 1. The summed E-state index contributed by atoms with van der Waals surface area (Å²) in [5.41, 5.74) is 5.58. The molecular formula is C26H28ClN3O4. The van der Waals surface area contributed by atoms with E-state index in [4.69, 9.17) is 21.1 Å². The van der Waals surface area contributed by atoms with E-state index < -0.39 is 4.92 Å². The molecule has 8 heteroatoms. The summed E-state index contributed by atoms with van der Waals surface area (Å²) in [5, 5.41) is 15.5. The molecular weight excluding hydrogens is 454 g/mol. The van der Waals surface area contributed by atoms with Crippen molar-refractivity contribution in [2.45, 2.75) is 32.6 Å². The Bertz CT molecular complexity index is 1120. The van der Waals surface area contributed by atoms with Crippen molar-refractivity contribution in [3.8, 4) is 11.5 Å². The number of nitrogens with one attached hydrogen (secondary N) is 1. The fraction of sp³-hybridized carbons (Fsp3) is 0.269. The van der Waals surface area contributed by atoms with E-state index in [1.807, 2.05) is 12.1 Å². The zero-order valence-corrected chi connectivity index (χ0v) is 20.2. The van der Waals surface area contributed by atoms with Gasteiger partial charge in [0.1, 0.15) is 11.5 Å². The number of nitro benzene ring substituents is 1. The predicted octanol–water partition coefficient (Wildman–Crippen LogP) is 6.84. The molecule has 0 aliphatic heterocycles. The summed E-state index contributed by atoms with van der Waals surface area (Å²) in [6.07, 6.45) is 2.30. The quantitative estimate of drug-likeness (QED) is 0.148. The molecule has 0 radical (unpaired) electrons. The summed E-state index contributed by atoms with van der Waals surface area (Å²) in [5.74, 6) is 1.48. The fourth-order valence-corrected chi connectivity index (χ4v) is 3.25. The van der Waals surface area contributed by atoms with E-state index in [9.17, 15) is 10.1 Å². The molecule has 0 aliphatic carbocycles. The minimum atomic E-state index is -0.448. The van der Waals surface area contributed by atoms with Gasteiger partial charge < -0.3 is 9.47 Å². The molecule has 34 heavy (non-hydrogen) atoms. The number of ether oxygens (including phenoxy) is 2. The van der Waals surface area contributed by atoms with Crippen LogP contribution in [0, 0.1) is 10.1 Å². The number of non-ortho nitro benzene ring substituents is 1. The molecule has 3 aromatic carbocycles. The molecule has 1 N–H and O–H groups in total. The number of nitrogens with zero attached hydrogens (tertiary/aromatic N) is 2. The van der Waals surface area contributed by atoms with Crippen LogP contribution in [0.1, 0.15) is 38.3 Å². The summed E-state index contributed by atoms with van der Waals surface area (Å²) in [4.78, 5) is 10.3. The largest absolute Gasteiger partial charge is 0.493 e. The number of rotatable bonds is 10. The second-order valence-electron chi connectivity index (χ2n) is 8.68. The van der Waals surface area contributed by atoms with E-state index in [1.54, 1.807) is 36.5 Å². The number of nitro groups is 1. The maximum Gasteiger partial charge on any atom is 0.269 e. The number of halogens is 1. The Morgan fingerprint density at radius 2 is 1.68 bits per heavy atom. The van der Waals surface area contributed by atoms with Crippen LogP contribution in [-0.4, -0.2) is 24.4 Å². The van der Waals surface area contributed by atoms with Crippen LogP contribution in [0.25, 0.3) is 0 Å². The average molecular weight is 482 g/mol. The Morgan fingerprint density at radius 1 is 1.00 bits per heavy atom. The number of anilines is 1. The highest BCUT2D eigenvalue weighted by Gasteiger charge is 2.13. The van der Waals surface area contributed by atoms with Gasteiger partial charge in [-0.3, -0.25) is 15.5 Å². The van der Waals surface area contributed by atoms with Gasteiger partial charge in [-0.15, -0.1) is 0 Å². The van der Waals surface area contributed by atoms with E-state index in [0.29, 0.717) is 41.7 Å². The predicted molar refractivity (Wildman–Crippen MR) is 137 cm³/mol. The van der Waals surface area contributed by atoms with Crippen molar-refractivity contribution < 1.29 is 14.4 Å². The minimum Gasteiger partial charge on any atom is -0.493 e. The van der Waals surface area contributed by atoms with E-state index >= 15 is 0 Å². The van der Waals surface area contributed by atoms with Crippen LogP contribution in [0.5, 0.6) is 11.5 Å². The molecule has 0 amide bonds. The SMILES string of the molecule is CC(C)(C)c1ccc(OCCCOc2ccc(Cl)cc2/C=N\Nc2ccc([N+](=O)[O-])cc2)cc1. The third-order valence-corrected chi connectivity index (χ3v) is 5.22. The summed E-state index contributed by atoms with van der Waals surface area (Å²) in [6.45, 7) is 7.55. The van der Waals surface area contributed by atoms with Crippen LogP contribution in [-0.2, 0) is 5.41 Å². The smallest absolute Gasteiger partial charge is 0.269 e. The molecule has 3 aromatic rings. The molecule has 0 unspecified atom stereocenters. The van der Waals surface area contributed by atoms with Crippen molar-refractivity contribution in [2.24, 2.45) is 5.10 Å². The van der Waals surface area contributed by atoms with E-state index in [1.165, 1.54) is 17.7 Å². The lowest BCUT2D eigenvalue weighted by atomic mass is 9.87. The van der Waals surface area contributed by atoms with Gasteiger partial charge in [0.2, 0.25) is 0 Å². The lowest BCUT2D eigenvalue weighted by Gasteiger charge is -2.19. The van der Waals surface area contributed by atoms with Crippen molar-refractivity contribution in [1.29, 1.82) is 0 Å². The zero-order valence-electron chi connectivity index (χ0n) is 19.5. The summed E-state index contributed by atoms with van der Waals surface area (Å²) in [7, 11) is 0. The third-order valence-electron chi connectivity index (χ3n) is 4.98. The Morgan fingerprint density at radius 3 is 2.32 bits per heavy atom. The highest BCUT2D eigenvalue weighted by molar-refractivity contribution is 6.30. The lowest BCUT2D eigenvalue weighted by molar-refractivity contribution is -0.384. The molecule has 0 fully saturated rings. The molecule has 0 saturated carbocycles. The van der Waals surface area contributed by atoms with E-state index in [2.05, 4.69) is 43.4 Å². The Hall–Kier alpha value is -3.58. The Kier molecular flexibility index (Phi) is 8.49. The van der Waals surface area contributed by atoms with Crippen molar-refractivity contribution in [1.82, 2.24) is 0 Å². The standard InChI is InChI=1S/C26H28ClN3O4/c1-26(2,3)20-5-12-24(13-6-20)33-15-4-16-34-25-14-7-21(27)17-19(25)18-28-29-22-8-10-23(11-9-22)30(31)32/h5-14,17-18,29H,4,15-16H2,1-3H3/b28-18-. The van der Waals surface area contributed by atoms with Crippen LogP contribution in [0.15, 0.2) is 71.8 Å². The first kappa shape index (κ1) is 25.1. The summed E-state index contributed by atoms with van der Waals surface area (Å²) < 4.78 is 11.7. The van der Waals surface area contributed by atoms with Gasteiger partial charge in [0.25, 0.3) is 5.69 Å². The molecule has 3 rings (SSSR count). The Labute approximate surface area is 204 Å². The molecule has 0 saturated heterocycles. The number of hydrogen-bond donors (Lipinski definition) is 1. The summed E-state index contributed by atoms with van der Waals surface area (Å²) >= 11 is 6.13. The third kappa shape index (κ3) is 7.49. The second-order valence-corrected chi connectivity index (χ2v) is 9.12. The van der Waals surface area contributed by atoms with Gasteiger partial charge in [0.15, 0.2) is 0 Å². The first-order chi connectivity index (χ1) is 16.2. The molecule has 0 heterocycles. The van der Waals surface area contributed by atoms with Gasteiger partial charge >= 0.3 is 0 Å². The number of benzene rings is 3. The van der Waals surface area contributed by atoms with Crippen LogP contribution >= 0.6 is 11.6 Å². The van der Waals surface area contributed by atoms with Crippen molar-refractivity contribution in [3.05, 3.63) is 93.0 Å². The van der Waals surface area contributed by atoms with Gasteiger partial charge in [-0.1, -0.05) is 44.5 Å². The van der Waals surface area contributed by atoms with Crippen molar-refractivity contribution in [3.63, 3.8) is 0 Å².